The summed E-state index contributed by atoms with van der Waals surface area (Å²) >= 11 is 0. The first-order valence-electron chi connectivity index (χ1n) is 2.75. The monoisotopic (exact) mass is 173 g/mol. The van der Waals surface area contributed by atoms with Crippen LogP contribution in [-0.4, -0.2) is 25.0 Å². The lowest BCUT2D eigenvalue weighted by atomic mass is 10.5. The van der Waals surface area contributed by atoms with Crippen molar-refractivity contribution < 1.29 is 9.85 Å². The van der Waals surface area contributed by atoms with Gasteiger partial charge in [0.15, 0.2) is 0 Å². The molecule has 0 unspecified atom stereocenters. The van der Waals surface area contributed by atoms with Crippen molar-refractivity contribution >= 4 is 0 Å². The van der Waals surface area contributed by atoms with Gasteiger partial charge in [-0.15, -0.1) is 5.10 Å². The van der Waals surface area contributed by atoms with E-state index in [1.165, 1.54) is 0 Å². The minimum absolute atomic E-state index is 0.454. The second-order valence-electron chi connectivity index (χ2n) is 1.80. The molecule has 64 valence electrons. The number of nitrogens with zero attached hydrogens (tertiary/aromatic N) is 4. The molecule has 0 aliphatic carbocycles. The van der Waals surface area contributed by atoms with Crippen molar-refractivity contribution in [2.24, 2.45) is 0 Å². The van der Waals surface area contributed by atoms with Crippen LogP contribution in [0.4, 0.5) is 0 Å². The van der Waals surface area contributed by atoms with E-state index in [0.29, 0.717) is 0 Å². The average molecular weight is 173 g/mol. The molecule has 1 aromatic rings. The fraction of sp³-hybridized carbons (Fsp3) is 0.333. The molecule has 1 aromatic heterocycles. The zero-order valence-electron chi connectivity index (χ0n) is 5.58. The molecule has 0 aliphatic rings. The Hall–Kier alpha value is -2.06. The lowest BCUT2D eigenvalue weighted by Crippen LogP contribution is -2.20. The molecule has 12 heavy (non-hydrogen) atoms. The molecule has 0 saturated carbocycles. The van der Waals surface area contributed by atoms with Gasteiger partial charge < -0.3 is 0 Å². The van der Waals surface area contributed by atoms with Crippen molar-refractivity contribution in [1.82, 2.24) is 15.2 Å². The molecule has 0 aromatic carbocycles. The van der Waals surface area contributed by atoms with Crippen molar-refractivity contribution in [2.45, 2.75) is 6.17 Å². The number of hydrogen-bond donors (Lipinski definition) is 1. The summed E-state index contributed by atoms with van der Waals surface area (Å²) in [5.74, 6) is -0.454. The quantitative estimate of drug-likeness (QED) is 0.367. The van der Waals surface area contributed by atoms with Crippen molar-refractivity contribution in [3.63, 3.8) is 0 Å². The molecule has 0 atom stereocenters. The van der Waals surface area contributed by atoms with Gasteiger partial charge in [0.2, 0.25) is 0 Å². The van der Waals surface area contributed by atoms with E-state index in [2.05, 4.69) is 15.2 Å². The van der Waals surface area contributed by atoms with Gasteiger partial charge in [-0.05, 0) is 0 Å². The topological polar surface area (TPSA) is 128 Å². The standard InChI is InChI=1S/C3H3N5O4/c9-7(10)3(8(11)12)2-4-1-5-6-2/h1,3H,(H,4,5,6). The highest BCUT2D eigenvalue weighted by atomic mass is 16.7. The lowest BCUT2D eigenvalue weighted by molar-refractivity contribution is -0.754. The van der Waals surface area contributed by atoms with Crippen LogP contribution in [0, 0.1) is 20.2 Å². The Morgan fingerprint density at radius 3 is 2.33 bits per heavy atom. The van der Waals surface area contributed by atoms with Gasteiger partial charge in [0, 0.05) is 0 Å². The SMILES string of the molecule is O=[N+]([O-])C(c1nc[nH]n1)[N+](=O)[O-]. The van der Waals surface area contributed by atoms with Crippen LogP contribution in [0.25, 0.3) is 0 Å². The van der Waals surface area contributed by atoms with Crippen LogP contribution in [0.3, 0.4) is 0 Å². The maximum Gasteiger partial charge on any atom is 0.511 e. The van der Waals surface area contributed by atoms with Gasteiger partial charge in [0.05, 0.1) is 0 Å². The second kappa shape index (κ2) is 2.90. The summed E-state index contributed by atoms with van der Waals surface area (Å²) in [5.41, 5.74) is 0. The molecular weight excluding hydrogens is 170 g/mol. The fourth-order valence-corrected chi connectivity index (χ4v) is 0.609. The number of nitrogens with one attached hydrogen (secondary N) is 1. The first-order valence-corrected chi connectivity index (χ1v) is 2.75. The second-order valence-corrected chi connectivity index (χ2v) is 1.80. The maximum absolute atomic E-state index is 10.1. The molecule has 0 radical (unpaired) electrons. The Kier molecular flexibility index (Phi) is 1.94. The number of H-pyrrole nitrogens is 1. The average Bonchev–Trinajstić information content (AvgIpc) is 2.37. The molecular formula is C3H3N5O4. The predicted molar refractivity (Wildman–Crippen MR) is 33.1 cm³/mol. The summed E-state index contributed by atoms with van der Waals surface area (Å²) in [6.07, 6.45) is -1.05. The molecule has 1 N–H and O–H groups in total. The molecule has 9 nitrogen and oxygen atoms in total. The first kappa shape index (κ1) is 8.04. The first-order chi connectivity index (χ1) is 5.63. The Bertz CT molecular complexity index is 280. The number of aromatic nitrogens is 3. The highest BCUT2D eigenvalue weighted by molar-refractivity contribution is 4.80. The minimum Gasteiger partial charge on any atom is -0.265 e. The molecule has 0 saturated heterocycles. The van der Waals surface area contributed by atoms with Crippen molar-refractivity contribution in [1.29, 1.82) is 0 Å². The summed E-state index contributed by atoms with van der Waals surface area (Å²) in [4.78, 5) is 21.4. The number of aromatic amines is 1. The number of hydrogen-bond acceptors (Lipinski definition) is 6. The van der Waals surface area contributed by atoms with E-state index in [1.807, 2.05) is 0 Å². The van der Waals surface area contributed by atoms with Crippen molar-refractivity contribution in [3.05, 3.63) is 32.4 Å². The third-order valence-electron chi connectivity index (χ3n) is 1.06. The summed E-state index contributed by atoms with van der Waals surface area (Å²) in [6.45, 7) is 0. The number of nitro groups is 2. The van der Waals surface area contributed by atoms with E-state index in [-0.39, 0.29) is 0 Å². The van der Waals surface area contributed by atoms with Crippen LogP contribution in [0.1, 0.15) is 12.0 Å². The van der Waals surface area contributed by atoms with Crippen LogP contribution >= 0.6 is 0 Å². The summed E-state index contributed by atoms with van der Waals surface area (Å²) in [6, 6.07) is 0. The summed E-state index contributed by atoms with van der Waals surface area (Å²) in [7, 11) is 0. The van der Waals surface area contributed by atoms with Crippen LogP contribution < -0.4 is 0 Å². The van der Waals surface area contributed by atoms with Gasteiger partial charge in [-0.3, -0.25) is 25.3 Å². The van der Waals surface area contributed by atoms with E-state index in [0.717, 1.165) is 6.33 Å². The van der Waals surface area contributed by atoms with E-state index in [4.69, 9.17) is 0 Å². The Balaban J connectivity index is 2.96. The minimum atomic E-state index is -2.09. The van der Waals surface area contributed by atoms with Crippen LogP contribution in [-0.2, 0) is 0 Å². The predicted octanol–water partition coefficient (Wildman–Crippen LogP) is -0.643. The van der Waals surface area contributed by atoms with Crippen LogP contribution in [0.5, 0.6) is 0 Å². The summed E-state index contributed by atoms with van der Waals surface area (Å²) < 4.78 is 0. The van der Waals surface area contributed by atoms with Crippen LogP contribution in [0.15, 0.2) is 6.33 Å². The molecule has 0 fully saturated rings. The molecule has 9 heteroatoms. The van der Waals surface area contributed by atoms with Gasteiger partial charge in [0.1, 0.15) is 16.2 Å². The molecule has 0 aliphatic heterocycles. The number of rotatable bonds is 3. The van der Waals surface area contributed by atoms with Crippen molar-refractivity contribution in [2.75, 3.05) is 0 Å². The highest BCUT2D eigenvalue weighted by Crippen LogP contribution is 2.10. The smallest absolute Gasteiger partial charge is 0.265 e. The third kappa shape index (κ3) is 1.33. The maximum atomic E-state index is 10.1. The van der Waals surface area contributed by atoms with E-state index < -0.39 is 21.8 Å². The molecule has 0 bridgehead atoms. The fourth-order valence-electron chi connectivity index (χ4n) is 0.609. The Labute approximate surface area is 64.7 Å². The Morgan fingerprint density at radius 2 is 2.00 bits per heavy atom. The normalized spacial score (nSPS) is 10.1. The molecule has 0 spiro atoms. The molecule has 0 amide bonds. The highest BCUT2D eigenvalue weighted by Gasteiger charge is 2.38. The van der Waals surface area contributed by atoms with Crippen LogP contribution in [0.2, 0.25) is 0 Å². The largest absolute Gasteiger partial charge is 0.511 e. The Morgan fingerprint density at radius 1 is 1.42 bits per heavy atom. The van der Waals surface area contributed by atoms with E-state index in [9.17, 15) is 20.2 Å². The molecule has 1 rings (SSSR count). The van der Waals surface area contributed by atoms with Gasteiger partial charge in [-0.25, -0.2) is 4.98 Å². The van der Waals surface area contributed by atoms with E-state index >= 15 is 0 Å². The van der Waals surface area contributed by atoms with Gasteiger partial charge >= 0.3 is 12.0 Å². The zero-order chi connectivity index (χ0) is 9.14. The van der Waals surface area contributed by atoms with E-state index in [1.54, 1.807) is 0 Å². The zero-order valence-corrected chi connectivity index (χ0v) is 5.58. The van der Waals surface area contributed by atoms with Crippen molar-refractivity contribution in [3.8, 4) is 0 Å². The molecule has 1 heterocycles. The summed E-state index contributed by atoms with van der Waals surface area (Å²) in [5, 5.41) is 25.6. The third-order valence-corrected chi connectivity index (χ3v) is 1.06. The van der Waals surface area contributed by atoms with Gasteiger partial charge in [-0.1, -0.05) is 0 Å². The lowest BCUT2D eigenvalue weighted by Gasteiger charge is -1.94. The van der Waals surface area contributed by atoms with Gasteiger partial charge in [-0.2, -0.15) is 0 Å². The van der Waals surface area contributed by atoms with Gasteiger partial charge in [0.25, 0.3) is 0 Å².